The Morgan fingerprint density at radius 1 is 1.14 bits per heavy atom. The zero-order chi connectivity index (χ0) is 15.0. The summed E-state index contributed by atoms with van der Waals surface area (Å²) in [6.07, 6.45) is 11.9. The van der Waals surface area contributed by atoms with E-state index in [1.165, 1.54) is 22.3 Å². The van der Waals surface area contributed by atoms with Crippen LogP contribution in [0.3, 0.4) is 0 Å². The fraction of sp³-hybridized carbons (Fsp3) is 0.529. The van der Waals surface area contributed by atoms with E-state index in [0.29, 0.717) is 5.92 Å². The van der Waals surface area contributed by atoms with E-state index in [1.807, 2.05) is 0 Å². The molecule has 0 aromatic carbocycles. The molecule has 4 heteroatoms. The van der Waals surface area contributed by atoms with Crippen molar-refractivity contribution in [3.05, 3.63) is 46.6 Å². The minimum atomic E-state index is -0.243. The summed E-state index contributed by atoms with van der Waals surface area (Å²) >= 11 is 1.80. The Hall–Kier alpha value is 0.966. The normalized spacial score (nSPS) is 18.2. The van der Waals surface area contributed by atoms with E-state index in [2.05, 4.69) is 70.4 Å². The molecular weight excluding hydrogens is 439 g/mol. The van der Waals surface area contributed by atoms with Crippen LogP contribution in [0.1, 0.15) is 41.0 Å². The Bertz CT molecular complexity index is 424. The second kappa shape index (κ2) is 14.6. The van der Waals surface area contributed by atoms with Crippen molar-refractivity contribution in [2.45, 2.75) is 52.6 Å². The monoisotopic (exact) mass is 464 g/mol. The van der Waals surface area contributed by atoms with Gasteiger partial charge in [-0.15, -0.1) is 13.3 Å². The largest absolute Gasteiger partial charge is 1.00 e. The van der Waals surface area contributed by atoms with Crippen molar-refractivity contribution in [1.29, 1.82) is 0 Å². The zero-order valence-electron chi connectivity index (χ0n) is 14.2. The summed E-state index contributed by atoms with van der Waals surface area (Å²) < 4.78 is 0. The number of allylic oxidation sites excluding steroid dienone is 8. The van der Waals surface area contributed by atoms with Crippen molar-refractivity contribution in [3.8, 4) is 0 Å². The van der Waals surface area contributed by atoms with Crippen molar-refractivity contribution in [2.24, 2.45) is 5.92 Å². The summed E-state index contributed by atoms with van der Waals surface area (Å²) in [6.45, 7) is 10.6. The third-order valence-electron chi connectivity index (χ3n) is 2.64. The molecule has 0 aliphatic heterocycles. The van der Waals surface area contributed by atoms with Crippen LogP contribution in [0.4, 0.5) is 0 Å². The molecule has 0 aromatic heterocycles. The van der Waals surface area contributed by atoms with Gasteiger partial charge in [-0.2, -0.15) is 11.6 Å². The Labute approximate surface area is 160 Å². The molecule has 1 unspecified atom stereocenters. The molecular formula is C17H26Cl2GeZr-2. The van der Waals surface area contributed by atoms with Gasteiger partial charge in [-0.05, 0) is 0 Å². The van der Waals surface area contributed by atoms with E-state index in [1.54, 1.807) is 21.6 Å². The Kier molecular flexibility index (Phi) is 18.6. The molecule has 0 radical (unpaired) electrons. The molecule has 2 aliphatic rings. The molecule has 0 saturated heterocycles. The van der Waals surface area contributed by atoms with Crippen molar-refractivity contribution in [2.75, 3.05) is 0 Å². The van der Waals surface area contributed by atoms with Gasteiger partial charge in [-0.1, -0.05) is 33.6 Å². The minimum absolute atomic E-state index is 0. The van der Waals surface area contributed by atoms with E-state index in [9.17, 15) is 0 Å². The van der Waals surface area contributed by atoms with Crippen LogP contribution in [0.25, 0.3) is 0 Å². The smallest absolute Gasteiger partial charge is 1.00 e. The van der Waals surface area contributed by atoms with E-state index in [4.69, 9.17) is 0 Å². The van der Waals surface area contributed by atoms with Crippen LogP contribution in [-0.4, -0.2) is 9.98 Å². The van der Waals surface area contributed by atoms with Gasteiger partial charge in [0.25, 0.3) is 0 Å². The average molecular weight is 465 g/mol. The first kappa shape index (κ1) is 26.8. The van der Waals surface area contributed by atoms with E-state index < -0.39 is 0 Å². The molecule has 2 rings (SSSR count). The molecule has 0 amide bonds. The van der Waals surface area contributed by atoms with Crippen molar-refractivity contribution in [3.63, 3.8) is 0 Å². The second-order valence-corrected chi connectivity index (χ2v) is 22.4. The molecule has 0 aromatic rings. The molecule has 0 bridgehead atoms. The predicted octanol–water partition coefficient (Wildman–Crippen LogP) is -0.790. The maximum absolute atomic E-state index is 3.29. The van der Waals surface area contributed by atoms with Gasteiger partial charge in [0.05, 0.1) is 0 Å². The standard InChI is InChI=1S/C8H11.C7H9.C2H6Ge.2ClH.Zr/c1-6-4-7(2)8(3)5-6;1-6-3-4-7(2)5-6;1-3-2;;;/h4,6H,1-3H3;5H,3H2,1-2H3;1-2H3;2*1H;/q2*-1;;;;+2/p-2. The third kappa shape index (κ3) is 15.6. The topological polar surface area (TPSA) is 0 Å². The van der Waals surface area contributed by atoms with Crippen LogP contribution in [0.5, 0.6) is 0 Å². The van der Waals surface area contributed by atoms with Gasteiger partial charge in [-0.25, -0.2) is 22.8 Å². The van der Waals surface area contributed by atoms with E-state index in [0.717, 1.165) is 6.42 Å². The molecule has 1 atom stereocenters. The van der Waals surface area contributed by atoms with Crippen LogP contribution in [0.15, 0.2) is 34.4 Å². The first-order chi connectivity index (χ1) is 8.72. The third-order valence-corrected chi connectivity index (χ3v) is 2.64. The van der Waals surface area contributed by atoms with Gasteiger partial charge in [-0.3, -0.25) is 12.2 Å². The van der Waals surface area contributed by atoms with Gasteiger partial charge in [0.15, 0.2) is 0 Å². The number of hydrogen-bond donors (Lipinski definition) is 0. The first-order valence-electron chi connectivity index (χ1n) is 6.77. The minimum Gasteiger partial charge on any atom is -1.00 e. The molecule has 21 heavy (non-hydrogen) atoms. The molecule has 0 nitrogen and oxygen atoms in total. The van der Waals surface area contributed by atoms with Gasteiger partial charge >= 0.3 is 43.1 Å². The van der Waals surface area contributed by atoms with Crippen molar-refractivity contribution < 1.29 is 46.4 Å². The van der Waals surface area contributed by atoms with E-state index in [-0.39, 0.29) is 34.8 Å². The molecule has 2 aliphatic carbocycles. The van der Waals surface area contributed by atoms with Crippen LogP contribution < -0.4 is 24.8 Å². The maximum Gasteiger partial charge on any atom is -1.00 e. The molecule has 0 saturated carbocycles. The molecule has 0 N–H and O–H groups in total. The summed E-state index contributed by atoms with van der Waals surface area (Å²) in [5, 5.41) is 0. The molecule has 118 valence electrons. The quantitative estimate of drug-likeness (QED) is 0.325. The Morgan fingerprint density at radius 2 is 1.62 bits per heavy atom. The van der Waals surface area contributed by atoms with Crippen LogP contribution in [0, 0.1) is 18.1 Å². The Morgan fingerprint density at radius 3 is 1.71 bits per heavy atom. The van der Waals surface area contributed by atoms with Gasteiger partial charge in [0, 0.05) is 0 Å². The maximum atomic E-state index is 3.29. The van der Waals surface area contributed by atoms with Gasteiger partial charge < -0.3 is 24.8 Å². The van der Waals surface area contributed by atoms with Gasteiger partial charge in [0.2, 0.25) is 0 Å². The predicted molar refractivity (Wildman–Crippen MR) is 83.6 cm³/mol. The molecule has 0 fully saturated rings. The number of halogens is 2. The number of hydrogen-bond acceptors (Lipinski definition) is 0. The Balaban J connectivity index is -0.000000233. The zero-order valence-corrected chi connectivity index (χ0v) is 20.3. The average Bonchev–Trinajstić information content (AvgIpc) is 2.73. The van der Waals surface area contributed by atoms with Crippen molar-refractivity contribution in [1.82, 2.24) is 0 Å². The fourth-order valence-electron chi connectivity index (χ4n) is 1.75. The summed E-state index contributed by atoms with van der Waals surface area (Å²) in [7, 11) is -0.243. The summed E-state index contributed by atoms with van der Waals surface area (Å²) in [5.41, 5.74) is 5.42. The SMILES string of the molecule is CC1=[C-]C(C)C=C1C.CC1=[C-]CC(C)=C1.[CH3][Ge]([CH3])=[Zr+2].[Cl-].[Cl-]. The first-order valence-corrected chi connectivity index (χ1v) is 18.4. The molecule has 0 spiro atoms. The summed E-state index contributed by atoms with van der Waals surface area (Å²) in [4.78, 5) is 0. The van der Waals surface area contributed by atoms with Crippen molar-refractivity contribution >= 4 is 9.98 Å². The fourth-order valence-corrected chi connectivity index (χ4v) is 1.75. The summed E-state index contributed by atoms with van der Waals surface area (Å²) in [6, 6.07) is 0. The number of rotatable bonds is 0. The van der Waals surface area contributed by atoms with Gasteiger partial charge in [0.1, 0.15) is 0 Å². The van der Waals surface area contributed by atoms with Crippen LogP contribution in [0.2, 0.25) is 11.5 Å². The molecule has 0 heterocycles. The second-order valence-electron chi connectivity index (χ2n) is 5.43. The summed E-state index contributed by atoms with van der Waals surface area (Å²) in [5.74, 6) is 5.30. The van der Waals surface area contributed by atoms with E-state index >= 15 is 0 Å². The van der Waals surface area contributed by atoms with Crippen LogP contribution >= 0.6 is 0 Å². The van der Waals surface area contributed by atoms with Crippen LogP contribution in [-0.2, 0) is 21.6 Å².